The summed E-state index contributed by atoms with van der Waals surface area (Å²) in [5.74, 6) is -1.92. The highest BCUT2D eigenvalue weighted by atomic mass is 19.2. The average molecular weight is 267 g/mol. The van der Waals surface area contributed by atoms with Crippen LogP contribution in [0.3, 0.4) is 0 Å². The Bertz CT molecular complexity index is 607. The molecule has 4 nitrogen and oxygen atoms in total. The van der Waals surface area contributed by atoms with Gasteiger partial charge in [-0.1, -0.05) is 0 Å². The number of fused-ring (bicyclic) bond motifs is 1. The molecule has 0 aliphatic rings. The highest BCUT2D eigenvalue weighted by Crippen LogP contribution is 2.17. The lowest BCUT2D eigenvalue weighted by atomic mass is 10.3. The Labute approximate surface area is 109 Å². The standard InChI is InChI=1S/C13H15F2N3O/c1-8(2)17-13(19)3-4-18-7-16-11-5-9(14)10(15)6-12(11)18/h5-8H,3-4H2,1-2H3,(H,17,19). The van der Waals surface area contributed by atoms with Gasteiger partial charge >= 0.3 is 0 Å². The molecule has 0 fully saturated rings. The lowest BCUT2D eigenvalue weighted by Gasteiger charge is -2.09. The van der Waals surface area contributed by atoms with Crippen molar-refractivity contribution in [2.75, 3.05) is 0 Å². The summed E-state index contributed by atoms with van der Waals surface area (Å²) in [4.78, 5) is 15.5. The van der Waals surface area contributed by atoms with E-state index < -0.39 is 11.6 Å². The molecule has 19 heavy (non-hydrogen) atoms. The molecule has 0 bridgehead atoms. The van der Waals surface area contributed by atoms with Gasteiger partial charge in [0.2, 0.25) is 5.91 Å². The molecule has 0 saturated heterocycles. The number of hydrogen-bond acceptors (Lipinski definition) is 2. The normalized spacial score (nSPS) is 11.2. The Balaban J connectivity index is 2.13. The van der Waals surface area contributed by atoms with E-state index >= 15 is 0 Å². The molecule has 1 aromatic heterocycles. The van der Waals surface area contributed by atoms with Crippen LogP contribution in [0.4, 0.5) is 8.78 Å². The fraction of sp³-hybridized carbons (Fsp3) is 0.385. The van der Waals surface area contributed by atoms with E-state index in [4.69, 9.17) is 0 Å². The number of carbonyl (C=O) groups is 1. The Kier molecular flexibility index (Phi) is 3.78. The van der Waals surface area contributed by atoms with Gasteiger partial charge in [-0.25, -0.2) is 13.8 Å². The minimum absolute atomic E-state index is 0.0820. The summed E-state index contributed by atoms with van der Waals surface area (Å²) in [5.41, 5.74) is 0.861. The van der Waals surface area contributed by atoms with Crippen LogP contribution in [-0.4, -0.2) is 21.5 Å². The first-order valence-electron chi connectivity index (χ1n) is 6.06. The third-order valence-corrected chi connectivity index (χ3v) is 2.69. The van der Waals surface area contributed by atoms with Crippen LogP contribution in [0.25, 0.3) is 11.0 Å². The molecule has 2 aromatic rings. The molecule has 1 aromatic carbocycles. The van der Waals surface area contributed by atoms with Crippen molar-refractivity contribution >= 4 is 16.9 Å². The molecule has 2 rings (SSSR count). The number of rotatable bonds is 4. The van der Waals surface area contributed by atoms with Crippen LogP contribution in [0.5, 0.6) is 0 Å². The van der Waals surface area contributed by atoms with Crippen LogP contribution in [0.15, 0.2) is 18.5 Å². The van der Waals surface area contributed by atoms with E-state index in [2.05, 4.69) is 10.3 Å². The number of nitrogens with one attached hydrogen (secondary N) is 1. The number of imidazole rings is 1. The van der Waals surface area contributed by atoms with Crippen molar-refractivity contribution in [3.63, 3.8) is 0 Å². The number of carbonyl (C=O) groups excluding carboxylic acids is 1. The zero-order valence-corrected chi connectivity index (χ0v) is 10.8. The Morgan fingerprint density at radius 2 is 2.05 bits per heavy atom. The minimum atomic E-state index is -0.921. The van der Waals surface area contributed by atoms with E-state index in [1.54, 1.807) is 4.57 Å². The van der Waals surface area contributed by atoms with Gasteiger partial charge in [-0.2, -0.15) is 0 Å². The van der Waals surface area contributed by atoms with E-state index in [-0.39, 0.29) is 18.4 Å². The predicted octanol–water partition coefficient (Wildman–Crippen LogP) is 2.23. The van der Waals surface area contributed by atoms with Crippen LogP contribution >= 0.6 is 0 Å². The lowest BCUT2D eigenvalue weighted by Crippen LogP contribution is -2.30. The van der Waals surface area contributed by atoms with E-state index in [9.17, 15) is 13.6 Å². The number of hydrogen-bond donors (Lipinski definition) is 1. The summed E-state index contributed by atoms with van der Waals surface area (Å²) in [6, 6.07) is 2.23. The molecule has 6 heteroatoms. The monoisotopic (exact) mass is 267 g/mol. The van der Waals surface area contributed by atoms with E-state index in [0.29, 0.717) is 17.6 Å². The quantitative estimate of drug-likeness (QED) is 0.923. The van der Waals surface area contributed by atoms with E-state index in [1.165, 1.54) is 6.33 Å². The number of halogens is 2. The third-order valence-electron chi connectivity index (χ3n) is 2.69. The number of benzene rings is 1. The number of aryl methyl sites for hydroxylation is 1. The molecule has 1 N–H and O–H groups in total. The van der Waals surface area contributed by atoms with Crippen molar-refractivity contribution in [3.8, 4) is 0 Å². The first-order chi connectivity index (χ1) is 8.97. The van der Waals surface area contributed by atoms with Crippen LogP contribution in [0, 0.1) is 11.6 Å². The maximum Gasteiger partial charge on any atom is 0.221 e. The molecule has 102 valence electrons. The van der Waals surface area contributed by atoms with Gasteiger partial charge in [0.15, 0.2) is 11.6 Å². The third kappa shape index (κ3) is 3.07. The van der Waals surface area contributed by atoms with Crippen LogP contribution in [-0.2, 0) is 11.3 Å². The number of nitrogens with zero attached hydrogens (tertiary/aromatic N) is 2. The van der Waals surface area contributed by atoms with Gasteiger partial charge in [-0.3, -0.25) is 4.79 Å². The molecule has 1 amide bonds. The fourth-order valence-corrected chi connectivity index (χ4v) is 1.85. The Morgan fingerprint density at radius 1 is 1.37 bits per heavy atom. The fourth-order valence-electron chi connectivity index (χ4n) is 1.85. The summed E-state index contributed by atoms with van der Waals surface area (Å²) in [7, 11) is 0. The van der Waals surface area contributed by atoms with Crippen molar-refractivity contribution in [1.29, 1.82) is 0 Å². The van der Waals surface area contributed by atoms with Gasteiger partial charge in [0, 0.05) is 31.1 Å². The second-order valence-corrected chi connectivity index (χ2v) is 4.67. The van der Waals surface area contributed by atoms with E-state index in [1.807, 2.05) is 13.8 Å². The van der Waals surface area contributed by atoms with E-state index in [0.717, 1.165) is 12.1 Å². The topological polar surface area (TPSA) is 46.9 Å². The highest BCUT2D eigenvalue weighted by molar-refractivity contribution is 5.77. The second-order valence-electron chi connectivity index (χ2n) is 4.67. The second kappa shape index (κ2) is 5.34. The zero-order valence-electron chi connectivity index (χ0n) is 10.8. The molecule has 0 spiro atoms. The molecule has 1 heterocycles. The van der Waals surface area contributed by atoms with Crippen LogP contribution < -0.4 is 5.32 Å². The first-order valence-corrected chi connectivity index (χ1v) is 6.06. The van der Waals surface area contributed by atoms with Crippen molar-refractivity contribution < 1.29 is 13.6 Å². The van der Waals surface area contributed by atoms with Crippen molar-refractivity contribution in [1.82, 2.24) is 14.9 Å². The summed E-state index contributed by atoms with van der Waals surface area (Å²) in [6.07, 6.45) is 1.74. The predicted molar refractivity (Wildman–Crippen MR) is 67.5 cm³/mol. The molecular weight excluding hydrogens is 252 g/mol. The molecule has 0 unspecified atom stereocenters. The number of amides is 1. The maximum atomic E-state index is 13.2. The average Bonchev–Trinajstić information content (AvgIpc) is 2.69. The SMILES string of the molecule is CC(C)NC(=O)CCn1cnc2cc(F)c(F)cc21. The molecule has 0 aliphatic carbocycles. The lowest BCUT2D eigenvalue weighted by molar-refractivity contribution is -0.121. The summed E-state index contributed by atoms with van der Waals surface area (Å²) in [5, 5.41) is 2.77. The smallest absolute Gasteiger partial charge is 0.221 e. The molecule has 0 aliphatic heterocycles. The highest BCUT2D eigenvalue weighted by Gasteiger charge is 2.10. The largest absolute Gasteiger partial charge is 0.354 e. The Hall–Kier alpha value is -1.98. The molecular formula is C13H15F2N3O. The van der Waals surface area contributed by atoms with Crippen molar-refractivity contribution in [3.05, 3.63) is 30.1 Å². The van der Waals surface area contributed by atoms with Gasteiger partial charge in [0.1, 0.15) is 0 Å². The van der Waals surface area contributed by atoms with Gasteiger partial charge in [-0.15, -0.1) is 0 Å². The van der Waals surface area contributed by atoms with Crippen LogP contribution in [0.1, 0.15) is 20.3 Å². The summed E-state index contributed by atoms with van der Waals surface area (Å²) < 4.78 is 27.8. The van der Waals surface area contributed by atoms with Gasteiger partial charge in [-0.05, 0) is 13.8 Å². The molecule has 0 atom stereocenters. The van der Waals surface area contributed by atoms with Gasteiger partial charge < -0.3 is 9.88 Å². The van der Waals surface area contributed by atoms with Crippen molar-refractivity contribution in [2.24, 2.45) is 0 Å². The first kappa shape index (κ1) is 13.5. The number of aromatic nitrogens is 2. The minimum Gasteiger partial charge on any atom is -0.354 e. The maximum absolute atomic E-state index is 13.2. The molecule has 0 radical (unpaired) electrons. The van der Waals surface area contributed by atoms with Crippen LogP contribution in [0.2, 0.25) is 0 Å². The summed E-state index contributed by atoms with van der Waals surface area (Å²) >= 11 is 0. The summed E-state index contributed by atoms with van der Waals surface area (Å²) in [6.45, 7) is 4.13. The Morgan fingerprint density at radius 3 is 2.74 bits per heavy atom. The van der Waals surface area contributed by atoms with Gasteiger partial charge in [0.05, 0.1) is 17.4 Å². The zero-order chi connectivity index (χ0) is 14.0. The van der Waals surface area contributed by atoms with Crippen molar-refractivity contribution in [2.45, 2.75) is 32.9 Å². The molecule has 0 saturated carbocycles. The van der Waals surface area contributed by atoms with Gasteiger partial charge in [0.25, 0.3) is 0 Å².